The Hall–Kier alpha value is -5.28. The number of fused-ring (bicyclic) bond motifs is 2. The minimum Gasteiger partial charge on any atom is -0.478 e. The number of benzene rings is 3. The van der Waals surface area contributed by atoms with E-state index in [2.05, 4.69) is 15.0 Å². The predicted molar refractivity (Wildman–Crippen MR) is 154 cm³/mol. The van der Waals surface area contributed by atoms with E-state index in [1.54, 1.807) is 16.7 Å². The van der Waals surface area contributed by atoms with Gasteiger partial charge in [0.05, 0.1) is 47.2 Å². The predicted octanol–water partition coefficient (Wildman–Crippen LogP) is 5.83. The van der Waals surface area contributed by atoms with Crippen molar-refractivity contribution in [2.75, 3.05) is 6.61 Å². The average molecular weight is 612 g/mol. The van der Waals surface area contributed by atoms with Crippen molar-refractivity contribution >= 4 is 17.0 Å². The lowest BCUT2D eigenvalue weighted by molar-refractivity contribution is -0.0132. The lowest BCUT2D eigenvalue weighted by Gasteiger charge is -2.36. The van der Waals surface area contributed by atoms with Gasteiger partial charge in [0.25, 0.3) is 0 Å². The van der Waals surface area contributed by atoms with Crippen molar-refractivity contribution in [2.45, 2.75) is 38.0 Å². The van der Waals surface area contributed by atoms with E-state index in [1.807, 2.05) is 6.07 Å². The Kier molecular flexibility index (Phi) is 6.97. The molecule has 3 aromatic carbocycles. The molecule has 2 saturated heterocycles. The molecule has 4 heterocycles. The number of halogens is 3. The third-order valence-corrected chi connectivity index (χ3v) is 8.37. The van der Waals surface area contributed by atoms with Crippen LogP contribution in [-0.4, -0.2) is 42.8 Å². The first-order valence-electron chi connectivity index (χ1n) is 14.2. The number of nitriles is 1. The molecule has 2 aromatic heterocycles. The van der Waals surface area contributed by atoms with E-state index in [-0.39, 0.29) is 52.5 Å². The minimum atomic E-state index is -1.25. The molecule has 3 fully saturated rings. The van der Waals surface area contributed by atoms with Gasteiger partial charge < -0.3 is 19.1 Å². The quantitative estimate of drug-likeness (QED) is 0.221. The Bertz CT molecular complexity index is 2030. The fourth-order valence-corrected chi connectivity index (χ4v) is 6.15. The first kappa shape index (κ1) is 28.5. The second kappa shape index (κ2) is 11.0. The van der Waals surface area contributed by atoms with Gasteiger partial charge in [-0.2, -0.15) is 10.2 Å². The normalized spacial score (nSPS) is 18.5. The summed E-state index contributed by atoms with van der Waals surface area (Å²) in [6, 6.07) is 14.3. The van der Waals surface area contributed by atoms with Gasteiger partial charge in [0.1, 0.15) is 29.6 Å². The highest BCUT2D eigenvalue weighted by atomic mass is 19.1. The number of imidazole rings is 1. The number of carbonyl (C=O) groups is 1. The topological polar surface area (TPSA) is 123 Å². The van der Waals surface area contributed by atoms with E-state index >= 15 is 8.78 Å². The standard InChI is InChI=1S/C33H24F3N5O4/c34-24-8-19(14-37)1-3-21(24)16-44-32-38-6-5-27(39-32)23-4-2-18(7-25(23)35)9-29-40-30-26(36)10-22(31(42)43)11-28(30)41(29)17-33-12-20(13-33)15-45-33/h1-8,10-11,20H,9,12-13,15-17H2,(H,42,43). The lowest BCUT2D eigenvalue weighted by atomic mass is 9.74. The summed E-state index contributed by atoms with van der Waals surface area (Å²) in [5.41, 5.74) is 1.19. The van der Waals surface area contributed by atoms with E-state index in [4.69, 9.17) is 14.7 Å². The summed E-state index contributed by atoms with van der Waals surface area (Å²) in [5.74, 6) is -2.22. The van der Waals surface area contributed by atoms with Gasteiger partial charge in [0.2, 0.25) is 0 Å². The zero-order valence-electron chi connectivity index (χ0n) is 23.6. The maximum atomic E-state index is 15.5. The van der Waals surface area contributed by atoms with Crippen molar-refractivity contribution in [3.05, 3.63) is 106 Å². The van der Waals surface area contributed by atoms with E-state index in [0.717, 1.165) is 25.0 Å². The van der Waals surface area contributed by atoms with Crippen LogP contribution in [0.25, 0.3) is 22.3 Å². The molecule has 1 aliphatic carbocycles. The Balaban J connectivity index is 1.15. The molecule has 12 heteroatoms. The maximum absolute atomic E-state index is 15.5. The summed E-state index contributed by atoms with van der Waals surface area (Å²) >= 11 is 0. The van der Waals surface area contributed by atoms with Crippen LogP contribution in [0.3, 0.4) is 0 Å². The molecule has 226 valence electrons. The summed E-state index contributed by atoms with van der Waals surface area (Å²) in [4.78, 5) is 24.5. The van der Waals surface area contributed by atoms with E-state index < -0.39 is 29.0 Å². The molecule has 0 spiro atoms. The van der Waals surface area contributed by atoms with Crippen LogP contribution in [-0.2, 0) is 24.3 Å². The number of aromatic carboxylic acids is 1. The van der Waals surface area contributed by atoms with Crippen LogP contribution in [0.1, 0.15) is 45.7 Å². The molecule has 2 bridgehead atoms. The zero-order valence-corrected chi connectivity index (χ0v) is 23.6. The van der Waals surface area contributed by atoms with Crippen LogP contribution in [0.5, 0.6) is 6.01 Å². The van der Waals surface area contributed by atoms with Gasteiger partial charge in [0.15, 0.2) is 5.82 Å². The van der Waals surface area contributed by atoms with Gasteiger partial charge in [0, 0.05) is 23.7 Å². The molecule has 1 saturated carbocycles. The summed E-state index contributed by atoms with van der Waals surface area (Å²) in [6.07, 6.45) is 3.28. The molecule has 0 radical (unpaired) electrons. The van der Waals surface area contributed by atoms with Crippen LogP contribution >= 0.6 is 0 Å². The van der Waals surface area contributed by atoms with Crippen molar-refractivity contribution in [2.24, 2.45) is 5.92 Å². The smallest absolute Gasteiger partial charge is 0.335 e. The lowest BCUT2D eigenvalue weighted by Crippen LogP contribution is -2.41. The second-order valence-electron chi connectivity index (χ2n) is 11.4. The van der Waals surface area contributed by atoms with Crippen molar-refractivity contribution in [3.63, 3.8) is 0 Å². The molecular formula is C33H24F3N5O4. The molecule has 1 N–H and O–H groups in total. The van der Waals surface area contributed by atoms with Crippen LogP contribution in [0.4, 0.5) is 13.2 Å². The Morgan fingerprint density at radius 2 is 1.91 bits per heavy atom. The summed E-state index contributed by atoms with van der Waals surface area (Å²) in [6.45, 7) is 0.852. The number of ether oxygens (including phenoxy) is 2. The molecule has 3 aliphatic rings. The number of carboxylic acids is 1. The fraction of sp³-hybridized carbons (Fsp3) is 0.242. The van der Waals surface area contributed by atoms with Crippen molar-refractivity contribution in [3.8, 4) is 23.3 Å². The van der Waals surface area contributed by atoms with Crippen LogP contribution in [0, 0.1) is 34.7 Å². The fourth-order valence-electron chi connectivity index (χ4n) is 6.15. The zero-order chi connectivity index (χ0) is 31.3. The van der Waals surface area contributed by atoms with Crippen molar-refractivity contribution < 1.29 is 32.5 Å². The van der Waals surface area contributed by atoms with E-state index in [0.29, 0.717) is 36.0 Å². The molecule has 8 rings (SSSR count). The van der Waals surface area contributed by atoms with E-state index in [9.17, 15) is 14.3 Å². The Labute approximate surface area is 254 Å². The largest absolute Gasteiger partial charge is 0.478 e. The van der Waals surface area contributed by atoms with Crippen LogP contribution < -0.4 is 4.74 Å². The molecular weight excluding hydrogens is 587 g/mol. The number of nitrogens with zero attached hydrogens (tertiary/aromatic N) is 5. The summed E-state index contributed by atoms with van der Waals surface area (Å²) < 4.78 is 58.1. The molecule has 0 atom stereocenters. The molecule has 0 amide bonds. The Morgan fingerprint density at radius 1 is 1.07 bits per heavy atom. The Morgan fingerprint density at radius 3 is 2.62 bits per heavy atom. The van der Waals surface area contributed by atoms with Gasteiger partial charge in [-0.1, -0.05) is 12.1 Å². The van der Waals surface area contributed by atoms with Crippen molar-refractivity contribution in [1.29, 1.82) is 5.26 Å². The molecule has 5 aromatic rings. The van der Waals surface area contributed by atoms with Gasteiger partial charge in [-0.05, 0) is 66.8 Å². The third-order valence-electron chi connectivity index (χ3n) is 8.37. The summed E-state index contributed by atoms with van der Waals surface area (Å²) in [7, 11) is 0. The monoisotopic (exact) mass is 611 g/mol. The highest BCUT2D eigenvalue weighted by Crippen LogP contribution is 2.49. The van der Waals surface area contributed by atoms with Gasteiger partial charge in [-0.3, -0.25) is 0 Å². The summed E-state index contributed by atoms with van der Waals surface area (Å²) in [5, 5.41) is 18.4. The third kappa shape index (κ3) is 5.36. The molecule has 2 aliphatic heterocycles. The highest BCUT2D eigenvalue weighted by Gasteiger charge is 2.52. The minimum absolute atomic E-state index is 0.0479. The molecule has 45 heavy (non-hydrogen) atoms. The van der Waals surface area contributed by atoms with Crippen LogP contribution in [0.2, 0.25) is 0 Å². The number of hydrogen-bond donors (Lipinski definition) is 1. The number of rotatable bonds is 9. The average Bonchev–Trinajstić information content (AvgIpc) is 3.71. The van der Waals surface area contributed by atoms with Crippen molar-refractivity contribution in [1.82, 2.24) is 19.5 Å². The number of aromatic nitrogens is 4. The van der Waals surface area contributed by atoms with Gasteiger partial charge in [-0.25, -0.2) is 27.9 Å². The number of carboxylic acid groups (broad SMARTS) is 1. The maximum Gasteiger partial charge on any atom is 0.335 e. The highest BCUT2D eigenvalue weighted by molar-refractivity contribution is 5.92. The van der Waals surface area contributed by atoms with E-state index in [1.165, 1.54) is 36.5 Å². The second-order valence-corrected chi connectivity index (χ2v) is 11.4. The first-order valence-corrected chi connectivity index (χ1v) is 14.2. The number of hydrogen-bond acceptors (Lipinski definition) is 7. The SMILES string of the molecule is N#Cc1ccc(COc2nccc(-c3ccc(Cc4nc5c(F)cc(C(=O)O)cc5n4CC45CC(CO4)C5)cc3F)n2)c(F)c1. The molecule has 0 unspecified atom stereocenters. The van der Waals surface area contributed by atoms with Gasteiger partial charge >= 0.3 is 12.0 Å². The molecule has 9 nitrogen and oxygen atoms in total. The first-order chi connectivity index (χ1) is 21.7. The van der Waals surface area contributed by atoms with Crippen LogP contribution in [0.15, 0.2) is 60.8 Å². The van der Waals surface area contributed by atoms with Gasteiger partial charge in [-0.15, -0.1) is 0 Å².